The molecule has 0 unspecified atom stereocenters. The zero-order valence-corrected chi connectivity index (χ0v) is 8.35. The van der Waals surface area contributed by atoms with Crippen LogP contribution in [0.5, 0.6) is 0 Å². The second-order valence-electron chi connectivity index (χ2n) is 2.31. The summed E-state index contributed by atoms with van der Waals surface area (Å²) >= 11 is 9.01. The molecule has 60 valence electrons. The van der Waals surface area contributed by atoms with E-state index < -0.39 is 0 Å². The minimum atomic E-state index is -0.0679. The van der Waals surface area contributed by atoms with Crippen molar-refractivity contribution < 1.29 is 0 Å². The Morgan fingerprint density at radius 1 is 1.73 bits per heavy atom. The number of nitrogens with zero attached hydrogens (tertiary/aromatic N) is 1. The van der Waals surface area contributed by atoms with Gasteiger partial charge in [-0.1, -0.05) is 11.6 Å². The molecule has 0 radical (unpaired) electrons. The molecule has 0 saturated carbocycles. The van der Waals surface area contributed by atoms with E-state index in [9.17, 15) is 0 Å². The van der Waals surface area contributed by atoms with Gasteiger partial charge in [0.15, 0.2) is 0 Å². The Balaban J connectivity index is 3.09. The molecule has 1 rings (SSSR count). The largest absolute Gasteiger partial charge is 0.323 e. The van der Waals surface area contributed by atoms with E-state index in [1.807, 2.05) is 6.92 Å². The molecule has 0 saturated heterocycles. The first-order valence-electron chi connectivity index (χ1n) is 3.18. The van der Waals surface area contributed by atoms with Crippen molar-refractivity contribution in [1.29, 1.82) is 0 Å². The zero-order chi connectivity index (χ0) is 8.43. The molecule has 1 aromatic rings. The van der Waals surface area contributed by atoms with Gasteiger partial charge in [0.05, 0.1) is 10.7 Å². The summed E-state index contributed by atoms with van der Waals surface area (Å²) in [5.41, 5.74) is 6.46. The van der Waals surface area contributed by atoms with Gasteiger partial charge in [0, 0.05) is 16.7 Å². The highest BCUT2D eigenvalue weighted by atomic mass is 79.9. The summed E-state index contributed by atoms with van der Waals surface area (Å²) < 4.78 is 0.861. The highest BCUT2D eigenvalue weighted by Gasteiger charge is 2.05. The summed E-state index contributed by atoms with van der Waals surface area (Å²) in [4.78, 5) is 4.07. The lowest BCUT2D eigenvalue weighted by molar-refractivity contribution is 0.775. The fourth-order valence-corrected chi connectivity index (χ4v) is 1.76. The highest BCUT2D eigenvalue weighted by molar-refractivity contribution is 9.10. The van der Waals surface area contributed by atoms with Gasteiger partial charge in [0.2, 0.25) is 0 Å². The van der Waals surface area contributed by atoms with Gasteiger partial charge in [-0.3, -0.25) is 4.98 Å². The minimum absolute atomic E-state index is 0.0679. The summed E-state index contributed by atoms with van der Waals surface area (Å²) in [5.74, 6) is 0. The molecule has 0 aliphatic heterocycles. The molecule has 0 bridgehead atoms. The van der Waals surface area contributed by atoms with Crippen molar-refractivity contribution >= 4 is 27.5 Å². The van der Waals surface area contributed by atoms with Crippen LogP contribution in [0.2, 0.25) is 5.02 Å². The van der Waals surface area contributed by atoms with Crippen molar-refractivity contribution in [3.63, 3.8) is 0 Å². The number of nitrogens with two attached hydrogens (primary N) is 1. The van der Waals surface area contributed by atoms with E-state index in [4.69, 9.17) is 17.3 Å². The molecular formula is C7H8BrClN2. The predicted molar refractivity (Wildman–Crippen MR) is 49.5 cm³/mol. The number of hydrogen-bond acceptors (Lipinski definition) is 2. The number of hydrogen-bond donors (Lipinski definition) is 1. The molecule has 11 heavy (non-hydrogen) atoms. The molecule has 2 nitrogen and oxygen atoms in total. The third kappa shape index (κ3) is 2.15. The molecule has 0 aliphatic carbocycles. The van der Waals surface area contributed by atoms with Crippen LogP contribution in [-0.4, -0.2) is 4.98 Å². The van der Waals surface area contributed by atoms with Crippen LogP contribution in [0.3, 0.4) is 0 Å². The smallest absolute Gasteiger partial charge is 0.0710 e. The molecule has 0 aromatic carbocycles. The Labute approximate surface area is 78.9 Å². The van der Waals surface area contributed by atoms with Crippen molar-refractivity contribution in [2.45, 2.75) is 13.0 Å². The summed E-state index contributed by atoms with van der Waals surface area (Å²) in [6.07, 6.45) is 1.59. The Morgan fingerprint density at radius 2 is 2.36 bits per heavy atom. The van der Waals surface area contributed by atoms with Crippen LogP contribution in [0, 0.1) is 0 Å². The van der Waals surface area contributed by atoms with Crippen LogP contribution in [0.15, 0.2) is 16.7 Å². The fraction of sp³-hybridized carbons (Fsp3) is 0.286. The number of pyridine rings is 1. The molecule has 0 amide bonds. The maximum atomic E-state index is 5.69. The van der Waals surface area contributed by atoms with Crippen LogP contribution in [0.25, 0.3) is 0 Å². The zero-order valence-electron chi connectivity index (χ0n) is 6.01. The molecule has 0 spiro atoms. The van der Waals surface area contributed by atoms with Crippen molar-refractivity contribution in [2.24, 2.45) is 5.73 Å². The number of rotatable bonds is 1. The Hall–Kier alpha value is -0.120. The van der Waals surface area contributed by atoms with E-state index in [1.165, 1.54) is 0 Å². The summed E-state index contributed by atoms with van der Waals surface area (Å²) in [7, 11) is 0. The molecular weight excluding hydrogens is 227 g/mol. The van der Waals surface area contributed by atoms with Gasteiger partial charge in [-0.15, -0.1) is 0 Å². The van der Waals surface area contributed by atoms with Crippen molar-refractivity contribution in [3.8, 4) is 0 Å². The van der Waals surface area contributed by atoms with Crippen LogP contribution < -0.4 is 5.73 Å². The van der Waals surface area contributed by atoms with Crippen molar-refractivity contribution in [1.82, 2.24) is 4.98 Å². The lowest BCUT2D eigenvalue weighted by Crippen LogP contribution is -2.07. The van der Waals surface area contributed by atoms with Gasteiger partial charge in [-0.2, -0.15) is 0 Å². The van der Waals surface area contributed by atoms with Gasteiger partial charge in [0.25, 0.3) is 0 Å². The van der Waals surface area contributed by atoms with E-state index in [0.29, 0.717) is 5.02 Å². The van der Waals surface area contributed by atoms with Crippen LogP contribution in [0.4, 0.5) is 0 Å². The lowest BCUT2D eigenvalue weighted by atomic mass is 10.2. The first-order valence-corrected chi connectivity index (χ1v) is 4.35. The molecule has 1 heterocycles. The minimum Gasteiger partial charge on any atom is -0.323 e. The first kappa shape index (κ1) is 8.97. The second kappa shape index (κ2) is 3.52. The topological polar surface area (TPSA) is 38.9 Å². The van der Waals surface area contributed by atoms with Gasteiger partial charge in [-0.05, 0) is 28.9 Å². The van der Waals surface area contributed by atoms with Gasteiger partial charge in [0.1, 0.15) is 0 Å². The Morgan fingerprint density at radius 3 is 2.82 bits per heavy atom. The predicted octanol–water partition coefficient (Wildman–Crippen LogP) is 2.52. The van der Waals surface area contributed by atoms with Gasteiger partial charge in [-0.25, -0.2) is 0 Å². The number of aromatic nitrogens is 1. The van der Waals surface area contributed by atoms with E-state index in [1.54, 1.807) is 12.3 Å². The van der Waals surface area contributed by atoms with Crippen LogP contribution >= 0.6 is 27.5 Å². The summed E-state index contributed by atoms with van der Waals surface area (Å²) in [6, 6.07) is 1.72. The lowest BCUT2D eigenvalue weighted by Gasteiger charge is -2.06. The summed E-state index contributed by atoms with van der Waals surface area (Å²) in [6.45, 7) is 1.88. The van der Waals surface area contributed by atoms with Crippen molar-refractivity contribution in [3.05, 3.63) is 27.5 Å². The standard InChI is InChI=1S/C7H8BrClN2/c1-4(10)7-6(8)2-5(9)3-11-7/h2-4H,10H2,1H3/t4-/m0/s1. The van der Waals surface area contributed by atoms with Crippen LogP contribution in [-0.2, 0) is 0 Å². The van der Waals surface area contributed by atoms with E-state index in [2.05, 4.69) is 20.9 Å². The third-order valence-corrected chi connectivity index (χ3v) is 2.11. The van der Waals surface area contributed by atoms with Gasteiger partial charge >= 0.3 is 0 Å². The molecule has 0 aliphatic rings. The van der Waals surface area contributed by atoms with Gasteiger partial charge < -0.3 is 5.73 Å². The quantitative estimate of drug-likeness (QED) is 0.812. The highest BCUT2D eigenvalue weighted by Crippen LogP contribution is 2.22. The number of halogens is 2. The maximum Gasteiger partial charge on any atom is 0.0710 e. The normalized spacial score (nSPS) is 13.1. The Bertz CT molecular complexity index is 263. The average molecular weight is 236 g/mol. The fourth-order valence-electron chi connectivity index (χ4n) is 0.760. The van der Waals surface area contributed by atoms with Crippen molar-refractivity contribution in [2.75, 3.05) is 0 Å². The molecule has 4 heteroatoms. The second-order valence-corrected chi connectivity index (χ2v) is 3.60. The summed E-state index contributed by atoms with van der Waals surface area (Å²) in [5, 5.41) is 0.612. The van der Waals surface area contributed by atoms with E-state index in [0.717, 1.165) is 10.2 Å². The first-order chi connectivity index (χ1) is 5.11. The van der Waals surface area contributed by atoms with E-state index in [-0.39, 0.29) is 6.04 Å². The molecule has 2 N–H and O–H groups in total. The Kier molecular flexibility index (Phi) is 2.87. The van der Waals surface area contributed by atoms with Crippen LogP contribution in [0.1, 0.15) is 18.7 Å². The maximum absolute atomic E-state index is 5.69. The molecule has 1 atom stereocenters. The third-order valence-electron chi connectivity index (χ3n) is 1.27. The van der Waals surface area contributed by atoms with E-state index >= 15 is 0 Å². The monoisotopic (exact) mass is 234 g/mol. The molecule has 0 fully saturated rings. The average Bonchev–Trinajstić information content (AvgIpc) is 1.85. The molecule has 1 aromatic heterocycles. The SMILES string of the molecule is C[C@H](N)c1ncc(Cl)cc1Br.